The number of urea groups is 1. The molecule has 0 spiro atoms. The Labute approximate surface area is 166 Å². The molecule has 0 bridgehead atoms. The molecule has 8 heteroatoms. The van der Waals surface area contributed by atoms with Crippen LogP contribution < -0.4 is 15.4 Å². The molecule has 2 aromatic carbocycles. The molecule has 144 valence electrons. The van der Waals surface area contributed by atoms with E-state index in [0.717, 1.165) is 22.3 Å². The smallest absolute Gasteiger partial charge is 0.323 e. The molecule has 2 heterocycles. The van der Waals surface area contributed by atoms with Crippen LogP contribution in [-0.4, -0.2) is 34.5 Å². The van der Waals surface area contributed by atoms with Crippen LogP contribution in [0.15, 0.2) is 71.9 Å². The molecule has 2 amide bonds. The van der Waals surface area contributed by atoms with Gasteiger partial charge in [0.2, 0.25) is 0 Å². The van der Waals surface area contributed by atoms with Crippen molar-refractivity contribution >= 4 is 40.3 Å². The quantitative estimate of drug-likeness (QED) is 0.443. The Morgan fingerprint density at radius 1 is 1.07 bits per heavy atom. The minimum absolute atomic E-state index is 0.345. The second kappa shape index (κ2) is 8.22. The number of hydrogen-bond acceptors (Lipinski definition) is 5. The van der Waals surface area contributed by atoms with Gasteiger partial charge in [0.25, 0.3) is 0 Å². The first-order valence-corrected chi connectivity index (χ1v) is 8.86. The number of ether oxygens (including phenoxy) is 1. The topological polar surface area (TPSA) is 104 Å². The lowest BCUT2D eigenvalue weighted by Crippen LogP contribution is -2.19. The van der Waals surface area contributed by atoms with Crippen LogP contribution in [0.3, 0.4) is 0 Å². The fraction of sp³-hybridized carbons (Fsp3) is 0.0476. The van der Waals surface area contributed by atoms with Crippen molar-refractivity contribution < 1.29 is 9.53 Å². The van der Waals surface area contributed by atoms with Crippen LogP contribution in [-0.2, 0) is 0 Å². The van der Waals surface area contributed by atoms with Gasteiger partial charge >= 0.3 is 6.03 Å². The van der Waals surface area contributed by atoms with E-state index in [1.54, 1.807) is 49.9 Å². The highest BCUT2D eigenvalue weighted by Crippen LogP contribution is 2.21. The second-order valence-electron chi connectivity index (χ2n) is 6.12. The molecule has 0 saturated carbocycles. The van der Waals surface area contributed by atoms with Gasteiger partial charge in [-0.05, 0) is 54.6 Å². The van der Waals surface area contributed by atoms with Crippen LogP contribution in [0.25, 0.3) is 10.9 Å². The Balaban J connectivity index is 1.45. The Hall–Kier alpha value is -4.20. The number of benzene rings is 2. The van der Waals surface area contributed by atoms with E-state index >= 15 is 0 Å². The molecule has 4 aromatic rings. The van der Waals surface area contributed by atoms with E-state index in [9.17, 15) is 4.79 Å². The molecule has 8 nitrogen and oxygen atoms in total. The molecule has 0 saturated heterocycles. The monoisotopic (exact) mass is 386 g/mol. The first-order chi connectivity index (χ1) is 14.2. The van der Waals surface area contributed by atoms with E-state index in [0.29, 0.717) is 17.2 Å². The number of H-pyrrole nitrogens is 1. The number of carbonyl (C=O) groups excluding carboxylic acids is 1. The molecule has 4 rings (SSSR count). The molecule has 0 atom stereocenters. The maximum atomic E-state index is 12.2. The van der Waals surface area contributed by atoms with Gasteiger partial charge < -0.3 is 15.4 Å². The molecule has 0 aliphatic carbocycles. The first-order valence-electron chi connectivity index (χ1n) is 8.86. The van der Waals surface area contributed by atoms with Gasteiger partial charge in [-0.1, -0.05) is 6.07 Å². The molecule has 0 fully saturated rings. The third-order valence-corrected chi connectivity index (χ3v) is 4.17. The average molecular weight is 386 g/mol. The summed E-state index contributed by atoms with van der Waals surface area (Å²) < 4.78 is 5.10. The molecule has 0 aliphatic heterocycles. The van der Waals surface area contributed by atoms with Crippen LogP contribution in [0.5, 0.6) is 5.75 Å². The van der Waals surface area contributed by atoms with E-state index in [1.807, 2.05) is 30.3 Å². The highest BCUT2D eigenvalue weighted by Gasteiger charge is 2.07. The predicted octanol–water partition coefficient (Wildman–Crippen LogP) is 4.36. The molecule has 0 radical (unpaired) electrons. The largest absolute Gasteiger partial charge is 0.497 e. The van der Waals surface area contributed by atoms with Gasteiger partial charge in [0.1, 0.15) is 5.75 Å². The fourth-order valence-electron chi connectivity index (χ4n) is 2.74. The zero-order valence-corrected chi connectivity index (χ0v) is 15.6. The Morgan fingerprint density at radius 3 is 2.62 bits per heavy atom. The number of hydrogen-bond donors (Lipinski definition) is 3. The summed E-state index contributed by atoms with van der Waals surface area (Å²) in [6, 6.07) is 17.7. The van der Waals surface area contributed by atoms with Gasteiger partial charge in [0.05, 0.1) is 24.5 Å². The van der Waals surface area contributed by atoms with Gasteiger partial charge in [0, 0.05) is 23.0 Å². The zero-order valence-electron chi connectivity index (χ0n) is 15.6. The van der Waals surface area contributed by atoms with Crippen molar-refractivity contribution in [2.24, 2.45) is 4.99 Å². The number of nitrogens with zero attached hydrogens (tertiary/aromatic N) is 3. The number of fused-ring (bicyclic) bond motifs is 1. The van der Waals surface area contributed by atoms with Crippen molar-refractivity contribution in [2.75, 3.05) is 17.7 Å². The lowest BCUT2D eigenvalue weighted by atomic mass is 10.2. The minimum atomic E-state index is -0.345. The third kappa shape index (κ3) is 4.38. The molecule has 29 heavy (non-hydrogen) atoms. The summed E-state index contributed by atoms with van der Waals surface area (Å²) in [5, 5.41) is 13.7. The number of pyridine rings is 1. The van der Waals surface area contributed by atoms with Crippen molar-refractivity contribution in [3.8, 4) is 5.75 Å². The van der Waals surface area contributed by atoms with Crippen LogP contribution >= 0.6 is 0 Å². The normalized spacial score (nSPS) is 10.9. The molecular weight excluding hydrogens is 368 g/mol. The van der Waals surface area contributed by atoms with Crippen LogP contribution in [0, 0.1) is 0 Å². The summed E-state index contributed by atoms with van der Waals surface area (Å²) in [5.74, 6) is 1.34. The van der Waals surface area contributed by atoms with E-state index in [-0.39, 0.29) is 6.03 Å². The Bertz CT molecular complexity index is 1150. The van der Waals surface area contributed by atoms with Crippen molar-refractivity contribution in [1.82, 2.24) is 15.2 Å². The Kier molecular flexibility index (Phi) is 5.15. The van der Waals surface area contributed by atoms with Gasteiger partial charge in [-0.15, -0.1) is 0 Å². The van der Waals surface area contributed by atoms with E-state index in [2.05, 4.69) is 30.8 Å². The highest BCUT2D eigenvalue weighted by atomic mass is 16.5. The molecular formula is C21H18N6O2. The highest BCUT2D eigenvalue weighted by molar-refractivity contribution is 6.02. The lowest BCUT2D eigenvalue weighted by molar-refractivity contribution is 0.262. The van der Waals surface area contributed by atoms with Crippen LogP contribution in [0.1, 0.15) is 5.69 Å². The number of methoxy groups -OCH3 is 1. The minimum Gasteiger partial charge on any atom is -0.497 e. The van der Waals surface area contributed by atoms with Crippen molar-refractivity contribution in [3.63, 3.8) is 0 Å². The van der Waals surface area contributed by atoms with Crippen molar-refractivity contribution in [2.45, 2.75) is 0 Å². The van der Waals surface area contributed by atoms with Gasteiger partial charge in [0.15, 0.2) is 5.82 Å². The number of aromatic nitrogens is 3. The summed E-state index contributed by atoms with van der Waals surface area (Å²) in [6.07, 6.45) is 3.37. The summed E-state index contributed by atoms with van der Waals surface area (Å²) in [5.41, 5.74) is 2.77. The number of anilines is 2. The Morgan fingerprint density at radius 2 is 1.86 bits per heavy atom. The first kappa shape index (κ1) is 18.2. The number of aromatic amines is 1. The molecule has 2 aromatic heterocycles. The van der Waals surface area contributed by atoms with Gasteiger partial charge in [-0.2, -0.15) is 5.10 Å². The average Bonchev–Trinajstić information content (AvgIpc) is 3.15. The van der Waals surface area contributed by atoms with Gasteiger partial charge in [-0.3, -0.25) is 5.10 Å². The summed E-state index contributed by atoms with van der Waals surface area (Å²) >= 11 is 0. The molecule has 0 aliphatic rings. The lowest BCUT2D eigenvalue weighted by Gasteiger charge is -2.08. The van der Waals surface area contributed by atoms with E-state index in [4.69, 9.17) is 4.74 Å². The number of carbonyl (C=O) groups is 1. The molecule has 0 unspecified atom stereocenters. The van der Waals surface area contributed by atoms with Crippen LogP contribution in [0.2, 0.25) is 0 Å². The number of rotatable bonds is 5. The van der Waals surface area contributed by atoms with E-state index < -0.39 is 0 Å². The predicted molar refractivity (Wildman–Crippen MR) is 113 cm³/mol. The third-order valence-electron chi connectivity index (χ3n) is 4.17. The second-order valence-corrected chi connectivity index (χ2v) is 6.12. The molecule has 3 N–H and O–H groups in total. The summed E-state index contributed by atoms with van der Waals surface area (Å²) in [4.78, 5) is 20.7. The summed E-state index contributed by atoms with van der Waals surface area (Å²) in [7, 11) is 1.59. The SMILES string of the molecule is COc1ccc(NC(=O)Nc2ccc3c(/C=N/c4ccccn4)[nH]nc3c2)cc1. The summed E-state index contributed by atoms with van der Waals surface area (Å²) in [6.45, 7) is 0. The maximum Gasteiger partial charge on any atom is 0.323 e. The van der Waals surface area contributed by atoms with E-state index in [1.165, 1.54) is 0 Å². The van der Waals surface area contributed by atoms with Crippen molar-refractivity contribution in [3.05, 3.63) is 72.6 Å². The van der Waals surface area contributed by atoms with Gasteiger partial charge in [-0.25, -0.2) is 14.8 Å². The van der Waals surface area contributed by atoms with Crippen LogP contribution in [0.4, 0.5) is 22.0 Å². The zero-order chi connectivity index (χ0) is 20.1. The van der Waals surface area contributed by atoms with Crippen molar-refractivity contribution in [1.29, 1.82) is 0 Å². The standard InChI is InChI=1S/C21H18N6O2/c1-29-16-8-5-14(6-9-16)24-21(28)25-15-7-10-17-18(12-15)26-27-19(17)13-23-20-4-2-3-11-22-20/h2-13H,1H3,(H,26,27)(H2,24,25,28)/b23-13+. The number of aliphatic imine (C=N–C) groups is 1. The maximum absolute atomic E-state index is 12.2. The fourth-order valence-corrected chi connectivity index (χ4v) is 2.74. The number of nitrogens with one attached hydrogen (secondary N) is 3. The number of amides is 2.